The second kappa shape index (κ2) is 11.5. The molecule has 2 aliphatic rings. The van der Waals surface area contributed by atoms with Gasteiger partial charge in [0.25, 0.3) is 6.43 Å². The van der Waals surface area contributed by atoms with Gasteiger partial charge in [-0.15, -0.1) is 0 Å². The number of carbonyl (C=O) groups is 1. The van der Waals surface area contributed by atoms with Gasteiger partial charge >= 0.3 is 6.09 Å². The summed E-state index contributed by atoms with van der Waals surface area (Å²) >= 11 is 0. The van der Waals surface area contributed by atoms with E-state index in [-0.39, 0.29) is 24.9 Å². The van der Waals surface area contributed by atoms with Crippen molar-refractivity contribution in [2.75, 3.05) is 56.2 Å². The van der Waals surface area contributed by atoms with Gasteiger partial charge in [0.15, 0.2) is 5.82 Å². The van der Waals surface area contributed by atoms with Crippen LogP contribution in [0.3, 0.4) is 0 Å². The Kier molecular flexibility index (Phi) is 8.02. The monoisotopic (exact) mass is 561 g/mol. The molecule has 4 heterocycles. The lowest BCUT2D eigenvalue weighted by atomic mass is 9.95. The fourth-order valence-electron chi connectivity index (χ4n) is 4.90. The highest BCUT2D eigenvalue weighted by molar-refractivity contribution is 5.78. The molecule has 3 aromatic rings. The van der Waals surface area contributed by atoms with Crippen molar-refractivity contribution in [3.05, 3.63) is 36.2 Å². The lowest BCUT2D eigenvalue weighted by Crippen LogP contribution is -2.48. The summed E-state index contributed by atoms with van der Waals surface area (Å²) in [6, 6.07) is 8.54. The zero-order valence-electron chi connectivity index (χ0n) is 22.8. The van der Waals surface area contributed by atoms with E-state index in [1.165, 1.54) is 9.47 Å². The van der Waals surface area contributed by atoms with Crippen LogP contribution in [0.4, 0.5) is 29.7 Å². The van der Waals surface area contributed by atoms with E-state index in [0.29, 0.717) is 56.1 Å². The predicted molar refractivity (Wildman–Crippen MR) is 144 cm³/mol. The predicted octanol–water partition coefficient (Wildman–Crippen LogP) is 4.60. The number of imidazole rings is 1. The van der Waals surface area contributed by atoms with E-state index in [4.69, 9.17) is 9.47 Å². The van der Waals surface area contributed by atoms with Crippen LogP contribution in [0.2, 0.25) is 0 Å². The first-order valence-electron chi connectivity index (χ1n) is 13.4. The second-order valence-corrected chi connectivity index (χ2v) is 11.0. The highest BCUT2D eigenvalue weighted by atomic mass is 19.3. The normalized spacial score (nSPS) is 20.3. The summed E-state index contributed by atoms with van der Waals surface area (Å²) in [5, 5.41) is 3.13. The van der Waals surface area contributed by atoms with Crippen LogP contribution in [-0.2, 0) is 9.47 Å². The van der Waals surface area contributed by atoms with Crippen molar-refractivity contribution in [3.8, 4) is 5.82 Å². The summed E-state index contributed by atoms with van der Waals surface area (Å²) in [6.45, 7) is 7.99. The summed E-state index contributed by atoms with van der Waals surface area (Å²) in [5.41, 5.74) is 0.261. The van der Waals surface area contributed by atoms with Crippen molar-refractivity contribution in [2.45, 2.75) is 45.4 Å². The maximum Gasteiger partial charge on any atom is 0.410 e. The number of anilines is 2. The molecule has 10 nitrogen and oxygen atoms in total. The third kappa shape index (κ3) is 6.24. The number of aromatic nitrogens is 4. The molecule has 5 rings (SSSR count). The molecule has 216 valence electrons. The minimum Gasteiger partial charge on any atom is -0.444 e. The number of amides is 1. The Labute approximate surface area is 230 Å². The van der Waals surface area contributed by atoms with E-state index in [1.54, 1.807) is 51.1 Å². The molecule has 2 aliphatic heterocycles. The third-order valence-electron chi connectivity index (χ3n) is 6.90. The number of nitrogens with one attached hydrogen (secondary N) is 1. The minimum absolute atomic E-state index is 0.0695. The molecular formula is C27H34F3N7O3. The molecule has 1 amide bonds. The van der Waals surface area contributed by atoms with Crippen LogP contribution in [0.1, 0.15) is 39.4 Å². The highest BCUT2D eigenvalue weighted by Crippen LogP contribution is 2.30. The van der Waals surface area contributed by atoms with E-state index in [1.807, 2.05) is 4.90 Å². The average Bonchev–Trinajstić information content (AvgIpc) is 3.32. The number of hydrogen-bond acceptors (Lipinski definition) is 8. The first-order valence-corrected chi connectivity index (χ1v) is 13.4. The number of para-hydroxylation sites is 2. The SMILES string of the molecule is CC(C)(C)OC(=O)N1CCC(CNc2nc(N3CCOCC3)cc(-n3c(C(F)F)nc4ccccc43)n2)C(F)C1. The number of fused-ring (bicyclic) bond motifs is 1. The number of morpholine rings is 1. The maximum absolute atomic E-state index is 15.1. The molecule has 2 aromatic heterocycles. The molecule has 0 spiro atoms. The first-order chi connectivity index (χ1) is 19.1. The van der Waals surface area contributed by atoms with Gasteiger partial charge in [0.05, 0.1) is 30.8 Å². The molecule has 2 saturated heterocycles. The van der Waals surface area contributed by atoms with Crippen LogP contribution in [-0.4, -0.2) is 88.2 Å². The van der Waals surface area contributed by atoms with Crippen LogP contribution >= 0.6 is 0 Å². The third-order valence-corrected chi connectivity index (χ3v) is 6.90. The molecule has 1 aromatic carbocycles. The molecule has 2 unspecified atom stereocenters. The Morgan fingerprint density at radius 2 is 1.85 bits per heavy atom. The lowest BCUT2D eigenvalue weighted by Gasteiger charge is -2.35. The zero-order chi connectivity index (χ0) is 28.4. The Hall–Kier alpha value is -3.61. The molecule has 0 radical (unpaired) electrons. The Morgan fingerprint density at radius 3 is 2.55 bits per heavy atom. The van der Waals surface area contributed by atoms with E-state index in [0.717, 1.165) is 0 Å². The summed E-state index contributed by atoms with van der Waals surface area (Å²) < 4.78 is 55.5. The van der Waals surface area contributed by atoms with Crippen molar-refractivity contribution in [1.82, 2.24) is 24.4 Å². The Balaban J connectivity index is 1.39. The van der Waals surface area contributed by atoms with Crippen LogP contribution in [0.25, 0.3) is 16.9 Å². The zero-order valence-corrected chi connectivity index (χ0v) is 22.8. The largest absolute Gasteiger partial charge is 0.444 e. The summed E-state index contributed by atoms with van der Waals surface area (Å²) in [7, 11) is 0. The van der Waals surface area contributed by atoms with E-state index < -0.39 is 36.0 Å². The fraction of sp³-hybridized carbons (Fsp3) is 0.556. The Bertz CT molecular complexity index is 1340. The van der Waals surface area contributed by atoms with Crippen molar-refractivity contribution in [2.24, 2.45) is 5.92 Å². The maximum atomic E-state index is 15.1. The van der Waals surface area contributed by atoms with Crippen molar-refractivity contribution >= 4 is 28.9 Å². The van der Waals surface area contributed by atoms with Gasteiger partial charge in [-0.1, -0.05) is 12.1 Å². The second-order valence-electron chi connectivity index (χ2n) is 11.0. The summed E-state index contributed by atoms with van der Waals surface area (Å²) in [4.78, 5) is 29.1. The van der Waals surface area contributed by atoms with Crippen LogP contribution in [0, 0.1) is 5.92 Å². The van der Waals surface area contributed by atoms with Gasteiger partial charge in [0.2, 0.25) is 5.95 Å². The van der Waals surface area contributed by atoms with Gasteiger partial charge in [-0.3, -0.25) is 4.57 Å². The molecule has 2 atom stereocenters. The van der Waals surface area contributed by atoms with Crippen LogP contribution < -0.4 is 10.2 Å². The van der Waals surface area contributed by atoms with Crippen LogP contribution in [0.5, 0.6) is 0 Å². The number of likely N-dealkylation sites (tertiary alicyclic amines) is 1. The van der Waals surface area contributed by atoms with E-state index >= 15 is 4.39 Å². The van der Waals surface area contributed by atoms with Crippen molar-refractivity contribution in [3.63, 3.8) is 0 Å². The summed E-state index contributed by atoms with van der Waals surface area (Å²) in [6.07, 6.45) is -4.22. The number of hydrogen-bond donors (Lipinski definition) is 1. The minimum atomic E-state index is -2.83. The quantitative estimate of drug-likeness (QED) is 0.467. The Morgan fingerprint density at radius 1 is 1.12 bits per heavy atom. The number of halogens is 3. The fourth-order valence-corrected chi connectivity index (χ4v) is 4.90. The van der Waals surface area contributed by atoms with E-state index in [9.17, 15) is 13.6 Å². The number of ether oxygens (including phenoxy) is 2. The first kappa shape index (κ1) is 27.9. The molecule has 0 aliphatic carbocycles. The van der Waals surface area contributed by atoms with Gasteiger partial charge in [0.1, 0.15) is 23.4 Å². The van der Waals surface area contributed by atoms with Crippen LogP contribution in [0.15, 0.2) is 30.3 Å². The molecule has 2 fully saturated rings. The number of alkyl halides is 3. The van der Waals surface area contributed by atoms with E-state index in [2.05, 4.69) is 20.3 Å². The molecule has 40 heavy (non-hydrogen) atoms. The van der Waals surface area contributed by atoms with Gasteiger partial charge in [-0.2, -0.15) is 9.97 Å². The molecule has 13 heteroatoms. The number of rotatable bonds is 6. The topological polar surface area (TPSA) is 97.6 Å². The smallest absolute Gasteiger partial charge is 0.410 e. The van der Waals surface area contributed by atoms with Gasteiger partial charge in [-0.05, 0) is 39.3 Å². The van der Waals surface area contributed by atoms with Gasteiger partial charge in [0, 0.05) is 38.2 Å². The average molecular weight is 562 g/mol. The number of piperidine rings is 1. The highest BCUT2D eigenvalue weighted by Gasteiger charge is 2.34. The number of benzene rings is 1. The van der Waals surface area contributed by atoms with Crippen molar-refractivity contribution < 1.29 is 27.4 Å². The van der Waals surface area contributed by atoms with Gasteiger partial charge in [-0.25, -0.2) is 22.9 Å². The standard InChI is InChI=1S/C27H34F3N7O3/c1-27(2,3)40-26(38)36-9-8-17(18(28)16-36)15-31-25-33-21(35-10-12-39-13-11-35)14-22(34-25)37-20-7-5-4-6-19(20)32-24(37)23(29)30/h4-7,14,17-18,23H,8-13,15-16H2,1-3H3,(H,31,33,34). The number of nitrogens with zero attached hydrogens (tertiary/aromatic N) is 6. The number of carbonyl (C=O) groups excluding carboxylic acids is 1. The lowest BCUT2D eigenvalue weighted by molar-refractivity contribution is 0.00658. The summed E-state index contributed by atoms with van der Waals surface area (Å²) in [5.74, 6) is 0.157. The molecular weight excluding hydrogens is 527 g/mol. The molecule has 0 bridgehead atoms. The molecule has 0 saturated carbocycles. The molecule has 1 N–H and O–H groups in total. The van der Waals surface area contributed by atoms with Crippen molar-refractivity contribution in [1.29, 1.82) is 0 Å². The van der Waals surface area contributed by atoms with Gasteiger partial charge < -0.3 is 24.6 Å².